The van der Waals surface area contributed by atoms with Crippen LogP contribution in [-0.4, -0.2) is 11.9 Å². The molecule has 0 fully saturated rings. The molecule has 0 aromatic heterocycles. The Hall–Kier alpha value is -0.890. The van der Waals surface area contributed by atoms with Crippen molar-refractivity contribution in [3.05, 3.63) is 28.8 Å². The molecule has 0 heterocycles. The van der Waals surface area contributed by atoms with E-state index in [1.807, 2.05) is 14.0 Å². The summed E-state index contributed by atoms with van der Waals surface area (Å²) in [5.41, 5.74) is 5.21. The Balaban J connectivity index is 3.59. The van der Waals surface area contributed by atoms with Crippen LogP contribution in [-0.2, 0) is 5.41 Å². The van der Waals surface area contributed by atoms with Crippen LogP contribution < -0.4 is 5.32 Å². The summed E-state index contributed by atoms with van der Waals surface area (Å²) in [5.74, 6) is 0.489. The molecule has 0 bridgehead atoms. The number of rotatable bonds is 3. The molecule has 0 atom stereocenters. The summed E-state index contributed by atoms with van der Waals surface area (Å²) >= 11 is 5.40. The van der Waals surface area contributed by atoms with E-state index in [1.54, 1.807) is 0 Å². The van der Waals surface area contributed by atoms with Gasteiger partial charge in [0.15, 0.2) is 0 Å². The monoisotopic (exact) mass is 263 g/mol. The Morgan fingerprint density at radius 3 is 2.11 bits per heavy atom. The van der Waals surface area contributed by atoms with Gasteiger partial charge in [0.1, 0.15) is 0 Å². The van der Waals surface area contributed by atoms with Crippen LogP contribution in [0.25, 0.3) is 0 Å². The number of hydrogen-bond donors (Lipinski definition) is 1. The third kappa shape index (κ3) is 3.11. The molecule has 0 radical (unpaired) electrons. The lowest BCUT2D eigenvalue weighted by atomic mass is 9.82. The molecule has 18 heavy (non-hydrogen) atoms. The lowest BCUT2D eigenvalue weighted by Gasteiger charge is -2.25. The summed E-state index contributed by atoms with van der Waals surface area (Å²) < 4.78 is 0. The Morgan fingerprint density at radius 1 is 1.22 bits per heavy atom. The zero-order valence-corrected chi connectivity index (χ0v) is 13.5. The molecule has 1 nitrogen and oxygen atoms in total. The van der Waals surface area contributed by atoms with Crippen LogP contribution in [0.1, 0.15) is 64.2 Å². The molecule has 0 amide bonds. The van der Waals surface area contributed by atoms with E-state index in [0.717, 1.165) is 4.86 Å². The Labute approximate surface area is 117 Å². The number of nitrogens with one attached hydrogen (secondary N) is 1. The first-order valence-electron chi connectivity index (χ1n) is 6.55. The minimum atomic E-state index is 0.148. The Bertz CT molecular complexity index is 453. The fraction of sp³-hybridized carbons (Fsp3) is 0.562. The first-order chi connectivity index (χ1) is 8.18. The third-order valence-electron chi connectivity index (χ3n) is 3.29. The summed E-state index contributed by atoms with van der Waals surface area (Å²) in [7, 11) is 1.97. The van der Waals surface area contributed by atoms with E-state index in [-0.39, 0.29) is 5.41 Å². The quantitative estimate of drug-likeness (QED) is 0.615. The van der Waals surface area contributed by atoms with Crippen molar-refractivity contribution in [2.45, 2.75) is 52.9 Å². The molecule has 0 aliphatic rings. The van der Waals surface area contributed by atoms with Gasteiger partial charge in [-0.3, -0.25) is 0 Å². The van der Waals surface area contributed by atoms with Crippen LogP contribution in [0.5, 0.6) is 0 Å². The lowest BCUT2D eigenvalue weighted by molar-refractivity contribution is 0.588. The topological polar surface area (TPSA) is 12.0 Å². The summed E-state index contributed by atoms with van der Waals surface area (Å²) in [5, 5.41) is 3.32. The number of anilines is 1. The van der Waals surface area contributed by atoms with Crippen molar-refractivity contribution in [1.29, 1.82) is 0 Å². The third-order valence-corrected chi connectivity index (χ3v) is 3.51. The van der Waals surface area contributed by atoms with Crippen molar-refractivity contribution in [2.75, 3.05) is 12.4 Å². The molecule has 1 aromatic carbocycles. The van der Waals surface area contributed by atoms with Gasteiger partial charge in [0.2, 0.25) is 0 Å². The molecule has 0 unspecified atom stereocenters. The second-order valence-corrected chi connectivity index (χ2v) is 6.81. The minimum Gasteiger partial charge on any atom is -0.387 e. The number of thiocarbonyl (C=S) groups is 1. The van der Waals surface area contributed by atoms with E-state index in [1.165, 1.54) is 22.4 Å². The normalized spacial score (nSPS) is 11.8. The van der Waals surface area contributed by atoms with Gasteiger partial charge in [-0.25, -0.2) is 0 Å². The average molecular weight is 263 g/mol. The van der Waals surface area contributed by atoms with Crippen LogP contribution >= 0.6 is 12.2 Å². The van der Waals surface area contributed by atoms with Crippen molar-refractivity contribution in [1.82, 2.24) is 0 Å². The van der Waals surface area contributed by atoms with Gasteiger partial charge in [-0.1, -0.05) is 52.9 Å². The minimum absolute atomic E-state index is 0.148. The van der Waals surface area contributed by atoms with Crippen LogP contribution in [0.3, 0.4) is 0 Å². The molecule has 0 aliphatic heterocycles. The maximum absolute atomic E-state index is 5.40. The fourth-order valence-corrected chi connectivity index (χ4v) is 2.27. The predicted octanol–water partition coefficient (Wildman–Crippen LogP) is 4.89. The number of hydrogen-bond acceptors (Lipinski definition) is 2. The van der Waals surface area contributed by atoms with E-state index in [4.69, 9.17) is 12.2 Å². The van der Waals surface area contributed by atoms with Crippen LogP contribution in [0.2, 0.25) is 0 Å². The zero-order valence-electron chi connectivity index (χ0n) is 12.6. The standard InChI is InChI=1S/C16H25NS/c1-10(2)13-8-12(16(4,5)6)9-14(11(3)18)15(13)17-7/h8-10,17H,1-7H3. The van der Waals surface area contributed by atoms with Gasteiger partial charge in [-0.2, -0.15) is 0 Å². The lowest BCUT2D eigenvalue weighted by Crippen LogP contribution is -2.15. The van der Waals surface area contributed by atoms with Gasteiger partial charge in [0.05, 0.1) is 0 Å². The summed E-state index contributed by atoms with van der Waals surface area (Å²) in [6, 6.07) is 4.55. The van der Waals surface area contributed by atoms with Crippen molar-refractivity contribution in [2.24, 2.45) is 0 Å². The SMILES string of the molecule is CNc1c(C(C)=S)cc(C(C)(C)C)cc1C(C)C. The van der Waals surface area contributed by atoms with Crippen molar-refractivity contribution in [3.63, 3.8) is 0 Å². The molecule has 0 spiro atoms. The molecule has 1 aromatic rings. The maximum atomic E-state index is 5.40. The highest BCUT2D eigenvalue weighted by atomic mass is 32.1. The highest BCUT2D eigenvalue weighted by Gasteiger charge is 2.20. The Morgan fingerprint density at radius 2 is 1.78 bits per heavy atom. The second-order valence-electron chi connectivity index (χ2n) is 6.20. The van der Waals surface area contributed by atoms with E-state index in [2.05, 4.69) is 52.1 Å². The van der Waals surface area contributed by atoms with Crippen molar-refractivity contribution >= 4 is 22.8 Å². The molecular formula is C16H25NS. The van der Waals surface area contributed by atoms with Gasteiger partial charge >= 0.3 is 0 Å². The van der Waals surface area contributed by atoms with E-state index in [9.17, 15) is 0 Å². The zero-order chi connectivity index (χ0) is 14.1. The van der Waals surface area contributed by atoms with E-state index in [0.29, 0.717) is 5.92 Å². The molecule has 0 saturated heterocycles. The average Bonchev–Trinajstić information content (AvgIpc) is 2.25. The summed E-state index contributed by atoms with van der Waals surface area (Å²) in [6.07, 6.45) is 0. The number of benzene rings is 1. The highest BCUT2D eigenvalue weighted by molar-refractivity contribution is 7.80. The first-order valence-corrected chi connectivity index (χ1v) is 6.96. The van der Waals surface area contributed by atoms with Gasteiger partial charge in [-0.15, -0.1) is 0 Å². The molecule has 0 saturated carbocycles. The van der Waals surface area contributed by atoms with Gasteiger partial charge < -0.3 is 5.32 Å². The predicted molar refractivity (Wildman–Crippen MR) is 86.2 cm³/mol. The molecule has 100 valence electrons. The van der Waals surface area contributed by atoms with Crippen LogP contribution in [0, 0.1) is 0 Å². The second kappa shape index (κ2) is 5.40. The Kier molecular flexibility index (Phi) is 4.55. The molecule has 1 N–H and O–H groups in total. The largest absolute Gasteiger partial charge is 0.387 e. The molecule has 0 aliphatic carbocycles. The van der Waals surface area contributed by atoms with Gasteiger partial charge in [-0.05, 0) is 35.4 Å². The molecule has 1 rings (SSSR count). The fourth-order valence-electron chi connectivity index (χ4n) is 2.11. The maximum Gasteiger partial charge on any atom is 0.0457 e. The smallest absolute Gasteiger partial charge is 0.0457 e. The van der Waals surface area contributed by atoms with E-state index < -0.39 is 0 Å². The van der Waals surface area contributed by atoms with Gasteiger partial charge in [0, 0.05) is 23.2 Å². The van der Waals surface area contributed by atoms with Crippen molar-refractivity contribution in [3.8, 4) is 0 Å². The van der Waals surface area contributed by atoms with Crippen LogP contribution in [0.15, 0.2) is 12.1 Å². The molecule has 2 heteroatoms. The summed E-state index contributed by atoms with van der Waals surface area (Å²) in [6.45, 7) is 13.2. The van der Waals surface area contributed by atoms with Crippen molar-refractivity contribution < 1.29 is 0 Å². The molecular weight excluding hydrogens is 238 g/mol. The van der Waals surface area contributed by atoms with Crippen LogP contribution in [0.4, 0.5) is 5.69 Å². The van der Waals surface area contributed by atoms with E-state index >= 15 is 0 Å². The first kappa shape index (κ1) is 15.2. The summed E-state index contributed by atoms with van der Waals surface area (Å²) in [4.78, 5) is 0.951. The van der Waals surface area contributed by atoms with Gasteiger partial charge in [0.25, 0.3) is 0 Å². The highest BCUT2D eigenvalue weighted by Crippen LogP contribution is 2.34.